The van der Waals surface area contributed by atoms with Gasteiger partial charge < -0.3 is 14.6 Å². The van der Waals surface area contributed by atoms with E-state index in [1.54, 1.807) is 0 Å². The molecular weight excluding hydrogens is 336 g/mol. The SMILES string of the molecule is [B]c1ccc(Oc2ccc(C(F)(F)F)cc2CO)cc1CC(=O)OC. The van der Waals surface area contributed by atoms with Crippen molar-refractivity contribution in [2.45, 2.75) is 19.2 Å². The van der Waals surface area contributed by atoms with Crippen LogP contribution in [0.3, 0.4) is 0 Å². The van der Waals surface area contributed by atoms with Gasteiger partial charge in [0.1, 0.15) is 19.3 Å². The monoisotopic (exact) mass is 350 g/mol. The molecule has 2 aromatic carbocycles. The van der Waals surface area contributed by atoms with Crippen LogP contribution in [0.15, 0.2) is 36.4 Å². The molecule has 2 radical (unpaired) electrons. The Morgan fingerprint density at radius 1 is 1.16 bits per heavy atom. The molecule has 0 aliphatic heterocycles. The Hall–Kier alpha value is -2.48. The number of esters is 1. The summed E-state index contributed by atoms with van der Waals surface area (Å²) in [6, 6.07) is 7.32. The summed E-state index contributed by atoms with van der Waals surface area (Å²) in [5, 5.41) is 9.31. The first-order valence-corrected chi connectivity index (χ1v) is 7.18. The summed E-state index contributed by atoms with van der Waals surface area (Å²) in [5.41, 5.74) is -0.0804. The lowest BCUT2D eigenvalue weighted by Crippen LogP contribution is -2.15. The van der Waals surface area contributed by atoms with Crippen molar-refractivity contribution in [2.75, 3.05) is 7.11 Å². The Kier molecular flexibility index (Phi) is 5.74. The lowest BCUT2D eigenvalue weighted by Gasteiger charge is -2.14. The summed E-state index contributed by atoms with van der Waals surface area (Å²) in [6.45, 7) is -0.622. The number of aliphatic hydroxyl groups excluding tert-OH is 1. The van der Waals surface area contributed by atoms with Gasteiger partial charge in [0.15, 0.2) is 0 Å². The molecule has 2 aromatic rings. The summed E-state index contributed by atoms with van der Waals surface area (Å²) in [4.78, 5) is 11.4. The zero-order chi connectivity index (χ0) is 18.6. The Morgan fingerprint density at radius 2 is 1.88 bits per heavy atom. The van der Waals surface area contributed by atoms with Crippen molar-refractivity contribution in [3.8, 4) is 11.5 Å². The molecule has 1 N–H and O–H groups in total. The van der Waals surface area contributed by atoms with E-state index in [9.17, 15) is 23.1 Å². The molecule has 0 aromatic heterocycles. The molecule has 0 bridgehead atoms. The molecule has 0 aliphatic rings. The molecule has 0 saturated heterocycles. The first kappa shape index (κ1) is 18.9. The van der Waals surface area contributed by atoms with Gasteiger partial charge in [0, 0.05) is 5.56 Å². The number of halogens is 3. The number of carbonyl (C=O) groups excluding carboxylic acids is 1. The van der Waals surface area contributed by atoms with E-state index in [-0.39, 0.29) is 23.5 Å². The van der Waals surface area contributed by atoms with Gasteiger partial charge in [-0.05, 0) is 35.9 Å². The number of methoxy groups -OCH3 is 1. The molecule has 2 rings (SSSR count). The zero-order valence-electron chi connectivity index (χ0n) is 13.3. The van der Waals surface area contributed by atoms with E-state index in [1.807, 2.05) is 0 Å². The normalized spacial score (nSPS) is 11.2. The maximum absolute atomic E-state index is 12.7. The van der Waals surface area contributed by atoms with Crippen LogP contribution in [0.25, 0.3) is 0 Å². The highest BCUT2D eigenvalue weighted by atomic mass is 19.4. The molecule has 0 unspecified atom stereocenters. The fourth-order valence-electron chi connectivity index (χ4n) is 2.13. The molecule has 4 nitrogen and oxygen atoms in total. The lowest BCUT2D eigenvalue weighted by molar-refractivity contribution is -0.140. The van der Waals surface area contributed by atoms with Gasteiger partial charge in [0.2, 0.25) is 0 Å². The van der Waals surface area contributed by atoms with E-state index in [2.05, 4.69) is 4.74 Å². The summed E-state index contributed by atoms with van der Waals surface area (Å²) in [7, 11) is 7.03. The van der Waals surface area contributed by atoms with Gasteiger partial charge >= 0.3 is 12.1 Å². The van der Waals surface area contributed by atoms with Gasteiger partial charge in [0.05, 0.1) is 25.7 Å². The second kappa shape index (κ2) is 7.61. The van der Waals surface area contributed by atoms with Crippen LogP contribution in [0, 0.1) is 0 Å². The number of hydrogen-bond acceptors (Lipinski definition) is 4. The maximum Gasteiger partial charge on any atom is 0.416 e. The average Bonchev–Trinajstić information content (AvgIpc) is 2.57. The van der Waals surface area contributed by atoms with Gasteiger partial charge in [0.25, 0.3) is 0 Å². The second-order valence-electron chi connectivity index (χ2n) is 5.19. The van der Waals surface area contributed by atoms with Gasteiger partial charge in [-0.3, -0.25) is 4.79 Å². The van der Waals surface area contributed by atoms with E-state index < -0.39 is 24.3 Å². The topological polar surface area (TPSA) is 55.8 Å². The summed E-state index contributed by atoms with van der Waals surface area (Å²) >= 11 is 0. The van der Waals surface area contributed by atoms with Crippen LogP contribution in [-0.4, -0.2) is 26.0 Å². The van der Waals surface area contributed by atoms with E-state index in [0.29, 0.717) is 11.0 Å². The van der Waals surface area contributed by atoms with Crippen LogP contribution >= 0.6 is 0 Å². The second-order valence-corrected chi connectivity index (χ2v) is 5.19. The minimum atomic E-state index is -4.52. The van der Waals surface area contributed by atoms with Crippen LogP contribution < -0.4 is 10.2 Å². The first-order valence-electron chi connectivity index (χ1n) is 7.18. The van der Waals surface area contributed by atoms with E-state index >= 15 is 0 Å². The van der Waals surface area contributed by atoms with Gasteiger partial charge in [-0.15, -0.1) is 0 Å². The predicted molar refractivity (Wildman–Crippen MR) is 85.0 cm³/mol. The van der Waals surface area contributed by atoms with Crippen molar-refractivity contribution < 1.29 is 32.5 Å². The van der Waals surface area contributed by atoms with Crippen LogP contribution in [-0.2, 0) is 28.7 Å². The van der Waals surface area contributed by atoms with Crippen molar-refractivity contribution >= 4 is 19.3 Å². The van der Waals surface area contributed by atoms with Crippen molar-refractivity contribution in [1.82, 2.24) is 0 Å². The maximum atomic E-state index is 12.7. The van der Waals surface area contributed by atoms with Gasteiger partial charge in [-0.1, -0.05) is 11.5 Å². The fraction of sp³-hybridized carbons (Fsp3) is 0.235. The number of ether oxygens (including phenoxy) is 2. The Balaban J connectivity index is 2.30. The molecule has 0 saturated carbocycles. The van der Waals surface area contributed by atoms with Crippen molar-refractivity contribution in [3.05, 3.63) is 53.1 Å². The molecular formula is C17H14BF3O4. The molecule has 8 heteroatoms. The lowest BCUT2D eigenvalue weighted by atomic mass is 9.89. The molecule has 0 atom stereocenters. The number of alkyl halides is 3. The molecule has 0 aliphatic carbocycles. The molecule has 0 amide bonds. The third-order valence-corrected chi connectivity index (χ3v) is 3.46. The van der Waals surface area contributed by atoms with E-state index in [1.165, 1.54) is 25.3 Å². The minimum absolute atomic E-state index is 0.0128. The summed E-state index contributed by atoms with van der Waals surface area (Å²) < 4.78 is 48.3. The number of benzene rings is 2. The molecule has 25 heavy (non-hydrogen) atoms. The summed E-state index contributed by atoms with van der Waals surface area (Å²) in [6.07, 6.45) is -4.59. The van der Waals surface area contributed by atoms with Crippen molar-refractivity contribution in [1.29, 1.82) is 0 Å². The van der Waals surface area contributed by atoms with Crippen LogP contribution in [0.5, 0.6) is 11.5 Å². The van der Waals surface area contributed by atoms with Crippen LogP contribution in [0.1, 0.15) is 16.7 Å². The predicted octanol–water partition coefficient (Wildman–Crippen LogP) is 2.50. The molecule has 130 valence electrons. The van der Waals surface area contributed by atoms with E-state index in [0.717, 1.165) is 18.2 Å². The zero-order valence-corrected chi connectivity index (χ0v) is 13.3. The van der Waals surface area contributed by atoms with Crippen molar-refractivity contribution in [3.63, 3.8) is 0 Å². The smallest absolute Gasteiger partial charge is 0.416 e. The quantitative estimate of drug-likeness (QED) is 0.665. The number of rotatable bonds is 5. The Labute approximate surface area is 143 Å². The third kappa shape index (κ3) is 4.76. The largest absolute Gasteiger partial charge is 0.469 e. The average molecular weight is 350 g/mol. The Bertz CT molecular complexity index is 775. The number of hydrogen-bond donors (Lipinski definition) is 1. The van der Waals surface area contributed by atoms with Crippen LogP contribution in [0.4, 0.5) is 13.2 Å². The Morgan fingerprint density at radius 3 is 2.48 bits per heavy atom. The molecule has 0 fully saturated rings. The standard InChI is InChI=1S/C17H14BF3O4/c1-24-16(23)8-10-7-13(3-4-14(10)18)25-15-5-2-12(17(19,20)21)6-11(15)9-22/h2-7,22H,8-9H2,1H3. The first-order chi connectivity index (χ1) is 11.7. The number of aliphatic hydroxyl groups is 1. The minimum Gasteiger partial charge on any atom is -0.469 e. The highest BCUT2D eigenvalue weighted by Gasteiger charge is 2.31. The summed E-state index contributed by atoms with van der Waals surface area (Å²) in [5.74, 6) is -0.152. The van der Waals surface area contributed by atoms with Crippen molar-refractivity contribution in [2.24, 2.45) is 0 Å². The van der Waals surface area contributed by atoms with Crippen LogP contribution in [0.2, 0.25) is 0 Å². The van der Waals surface area contributed by atoms with Gasteiger partial charge in [-0.2, -0.15) is 13.2 Å². The highest BCUT2D eigenvalue weighted by Crippen LogP contribution is 2.34. The number of carbonyl (C=O) groups is 1. The fourth-order valence-corrected chi connectivity index (χ4v) is 2.13. The third-order valence-electron chi connectivity index (χ3n) is 3.46. The highest BCUT2D eigenvalue weighted by molar-refractivity contribution is 6.33. The molecule has 0 heterocycles. The van der Waals surface area contributed by atoms with E-state index in [4.69, 9.17) is 12.6 Å². The van der Waals surface area contributed by atoms with Gasteiger partial charge in [-0.25, -0.2) is 0 Å². The molecule has 0 spiro atoms.